The Morgan fingerprint density at radius 3 is 1.88 bits per heavy atom. The molecule has 0 amide bonds. The van der Waals surface area contributed by atoms with Crippen LogP contribution in [0.2, 0.25) is 0 Å². The lowest BCUT2D eigenvalue weighted by molar-refractivity contribution is 0.0281. The molecule has 0 fully saturated rings. The van der Waals surface area contributed by atoms with Crippen LogP contribution in [0.15, 0.2) is 30.3 Å². The fourth-order valence-corrected chi connectivity index (χ4v) is 2.08. The molecule has 2 unspecified atom stereocenters. The minimum Gasteiger partial charge on any atom is -0.253 e. The van der Waals surface area contributed by atoms with Crippen LogP contribution in [0, 0.1) is 0 Å². The van der Waals surface area contributed by atoms with Crippen LogP contribution in [0.5, 0.6) is 0 Å². The van der Waals surface area contributed by atoms with Crippen molar-refractivity contribution in [2.24, 2.45) is 0 Å². The summed E-state index contributed by atoms with van der Waals surface area (Å²) in [7, 11) is 0. The fraction of sp³-hybridized carbons (Fsp3) is 0.455. The topological polar surface area (TPSA) is 52.6 Å². The first-order chi connectivity index (χ1) is 8.17. The van der Waals surface area contributed by atoms with E-state index in [0.717, 1.165) is 0 Å². The molecule has 1 aromatic carbocycles. The van der Waals surface area contributed by atoms with Crippen LogP contribution in [0.3, 0.4) is 0 Å². The normalized spacial score (nSPS) is 16.4. The van der Waals surface area contributed by atoms with Crippen molar-refractivity contribution >= 4 is 22.2 Å². The summed E-state index contributed by atoms with van der Waals surface area (Å²) in [4.78, 5) is 0. The third kappa shape index (κ3) is 5.08. The molecular formula is C11H16O4S2. The first-order valence-electron chi connectivity index (χ1n) is 5.33. The van der Waals surface area contributed by atoms with Gasteiger partial charge < -0.3 is 0 Å². The van der Waals surface area contributed by atoms with Crippen molar-refractivity contribution < 1.29 is 16.8 Å². The maximum Gasteiger partial charge on any atom is 0.214 e. The van der Waals surface area contributed by atoms with Crippen LogP contribution in [-0.4, -0.2) is 19.9 Å². The lowest BCUT2D eigenvalue weighted by Gasteiger charge is -2.15. The van der Waals surface area contributed by atoms with E-state index in [-0.39, 0.29) is 0 Å². The summed E-state index contributed by atoms with van der Waals surface area (Å²) in [5.41, 5.74) is 0.705. The zero-order chi connectivity index (χ0) is 12.7. The van der Waals surface area contributed by atoms with Gasteiger partial charge in [-0.1, -0.05) is 44.2 Å². The van der Waals surface area contributed by atoms with Crippen LogP contribution >= 0.6 is 0 Å². The average molecular weight is 276 g/mol. The third-order valence-electron chi connectivity index (χ3n) is 1.93. The Labute approximate surface area is 107 Å². The second-order valence-corrected chi connectivity index (χ2v) is 5.87. The monoisotopic (exact) mass is 276 g/mol. The van der Waals surface area contributed by atoms with Gasteiger partial charge in [0, 0.05) is 17.1 Å². The van der Waals surface area contributed by atoms with Gasteiger partial charge in [-0.2, -0.15) is 0 Å². The minimum absolute atomic E-state index is 0.367. The van der Waals surface area contributed by atoms with Gasteiger partial charge >= 0.3 is 0 Å². The number of hydrogen-bond acceptors (Lipinski definition) is 4. The minimum atomic E-state index is -1.44. The van der Waals surface area contributed by atoms with E-state index >= 15 is 0 Å². The summed E-state index contributed by atoms with van der Waals surface area (Å²) in [6.45, 7) is 3.49. The number of rotatable bonds is 7. The quantitative estimate of drug-likeness (QED) is 0.716. The molecule has 0 aliphatic rings. The second-order valence-electron chi connectivity index (χ2n) is 3.12. The Morgan fingerprint density at radius 2 is 1.47 bits per heavy atom. The van der Waals surface area contributed by atoms with Crippen LogP contribution in [0.1, 0.15) is 25.7 Å². The maximum atomic E-state index is 11.4. The Morgan fingerprint density at radius 1 is 1.00 bits per heavy atom. The zero-order valence-corrected chi connectivity index (χ0v) is 11.5. The van der Waals surface area contributed by atoms with Crippen LogP contribution < -0.4 is 0 Å². The van der Waals surface area contributed by atoms with Gasteiger partial charge in [0.05, 0.1) is 0 Å². The van der Waals surface area contributed by atoms with Gasteiger partial charge in [0.1, 0.15) is 0 Å². The molecule has 0 bridgehead atoms. The maximum absolute atomic E-state index is 11.4. The highest BCUT2D eigenvalue weighted by molar-refractivity contribution is 7.80. The highest BCUT2D eigenvalue weighted by Crippen LogP contribution is 2.21. The van der Waals surface area contributed by atoms with Crippen molar-refractivity contribution in [3.8, 4) is 0 Å². The fourth-order valence-electron chi connectivity index (χ4n) is 1.07. The largest absolute Gasteiger partial charge is 0.253 e. The van der Waals surface area contributed by atoms with E-state index in [4.69, 9.17) is 8.37 Å². The molecule has 0 heterocycles. The van der Waals surface area contributed by atoms with Crippen LogP contribution in [0.4, 0.5) is 0 Å². The Kier molecular flexibility index (Phi) is 6.57. The molecule has 0 radical (unpaired) electrons. The first-order valence-corrected chi connectivity index (χ1v) is 7.82. The van der Waals surface area contributed by atoms with E-state index in [1.165, 1.54) is 0 Å². The molecule has 2 atom stereocenters. The highest BCUT2D eigenvalue weighted by Gasteiger charge is 2.18. The van der Waals surface area contributed by atoms with Crippen molar-refractivity contribution in [1.82, 2.24) is 0 Å². The summed E-state index contributed by atoms with van der Waals surface area (Å²) in [5.74, 6) is 0.733. The summed E-state index contributed by atoms with van der Waals surface area (Å²) >= 11 is -2.87. The van der Waals surface area contributed by atoms with E-state index in [0.29, 0.717) is 17.1 Å². The average Bonchev–Trinajstić information content (AvgIpc) is 2.38. The molecule has 0 aliphatic carbocycles. The van der Waals surface area contributed by atoms with Gasteiger partial charge in [0.2, 0.25) is 6.29 Å². The predicted molar refractivity (Wildman–Crippen MR) is 68.7 cm³/mol. The molecule has 1 aromatic rings. The van der Waals surface area contributed by atoms with E-state index in [2.05, 4.69) is 0 Å². The lowest BCUT2D eigenvalue weighted by atomic mass is 10.2. The zero-order valence-electron chi connectivity index (χ0n) is 9.83. The SMILES string of the molecule is CCS(=O)OC(OS(=O)CC)c1ccccc1. The van der Waals surface area contributed by atoms with Crippen molar-refractivity contribution in [1.29, 1.82) is 0 Å². The van der Waals surface area contributed by atoms with Crippen molar-refractivity contribution in [2.45, 2.75) is 20.1 Å². The molecule has 0 saturated heterocycles. The second kappa shape index (κ2) is 7.71. The molecule has 6 heteroatoms. The molecule has 17 heavy (non-hydrogen) atoms. The molecule has 4 nitrogen and oxygen atoms in total. The summed E-state index contributed by atoms with van der Waals surface area (Å²) in [6.07, 6.45) is -0.849. The van der Waals surface area contributed by atoms with Crippen LogP contribution in [-0.2, 0) is 30.5 Å². The molecular weight excluding hydrogens is 260 g/mol. The van der Waals surface area contributed by atoms with E-state index in [9.17, 15) is 8.42 Å². The van der Waals surface area contributed by atoms with Gasteiger partial charge in [-0.05, 0) is 0 Å². The Bertz CT molecular complexity index is 362. The molecule has 0 N–H and O–H groups in total. The van der Waals surface area contributed by atoms with Gasteiger partial charge in [-0.15, -0.1) is 0 Å². The van der Waals surface area contributed by atoms with Crippen molar-refractivity contribution in [2.75, 3.05) is 11.5 Å². The van der Waals surface area contributed by atoms with Crippen LogP contribution in [0.25, 0.3) is 0 Å². The van der Waals surface area contributed by atoms with Gasteiger partial charge in [-0.3, -0.25) is 8.37 Å². The summed E-state index contributed by atoms with van der Waals surface area (Å²) < 4.78 is 33.2. The van der Waals surface area contributed by atoms with Gasteiger partial charge in [0.15, 0.2) is 22.2 Å². The van der Waals surface area contributed by atoms with E-state index in [1.54, 1.807) is 26.0 Å². The Balaban J connectivity index is 2.79. The van der Waals surface area contributed by atoms with E-state index < -0.39 is 28.5 Å². The van der Waals surface area contributed by atoms with Crippen molar-refractivity contribution in [3.05, 3.63) is 35.9 Å². The lowest BCUT2D eigenvalue weighted by Crippen LogP contribution is -2.14. The number of benzene rings is 1. The smallest absolute Gasteiger partial charge is 0.214 e. The summed E-state index contributed by atoms with van der Waals surface area (Å²) in [6, 6.07) is 9.06. The predicted octanol–water partition coefficient (Wildman–Crippen LogP) is 2.09. The first kappa shape index (κ1) is 14.5. The van der Waals surface area contributed by atoms with Gasteiger partial charge in [0.25, 0.3) is 0 Å². The third-order valence-corrected chi connectivity index (χ3v) is 3.65. The van der Waals surface area contributed by atoms with Gasteiger partial charge in [-0.25, -0.2) is 8.42 Å². The molecule has 0 saturated carbocycles. The molecule has 0 aliphatic heterocycles. The highest BCUT2D eigenvalue weighted by atomic mass is 32.2. The molecule has 1 rings (SSSR count). The molecule has 0 aromatic heterocycles. The number of hydrogen-bond donors (Lipinski definition) is 0. The summed E-state index contributed by atoms with van der Waals surface area (Å²) in [5, 5.41) is 0. The molecule has 96 valence electrons. The molecule has 0 spiro atoms. The standard InChI is InChI=1S/C11H16O4S2/c1-3-16(12)14-11(15-17(13)4-2)10-8-6-5-7-9-10/h5-9,11H,3-4H2,1-2H3. The Hall–Kier alpha value is -0.560. The van der Waals surface area contributed by atoms with E-state index in [1.807, 2.05) is 18.2 Å². The van der Waals surface area contributed by atoms with Crippen molar-refractivity contribution in [3.63, 3.8) is 0 Å².